The van der Waals surface area contributed by atoms with Gasteiger partial charge in [-0.2, -0.15) is 0 Å². The minimum atomic E-state index is 0.0503. The number of esters is 1. The maximum absolute atomic E-state index is 11.0. The summed E-state index contributed by atoms with van der Waals surface area (Å²) in [5, 5.41) is 0. The van der Waals surface area contributed by atoms with E-state index in [0.717, 1.165) is 12.8 Å². The van der Waals surface area contributed by atoms with Crippen LogP contribution < -0.4 is 0 Å². The van der Waals surface area contributed by atoms with Gasteiger partial charge in [-0.15, -0.1) is 0 Å². The van der Waals surface area contributed by atoms with Gasteiger partial charge in [0.2, 0.25) is 0 Å². The molecule has 1 aliphatic carbocycles. The van der Waals surface area contributed by atoms with E-state index in [-0.39, 0.29) is 18.0 Å². The number of rotatable bonds is 0. The van der Waals surface area contributed by atoms with Crippen LogP contribution >= 0.6 is 0 Å². The molecule has 2 aliphatic rings. The van der Waals surface area contributed by atoms with Gasteiger partial charge in [-0.1, -0.05) is 6.42 Å². The van der Waals surface area contributed by atoms with E-state index in [4.69, 9.17) is 4.74 Å². The van der Waals surface area contributed by atoms with E-state index in [1.165, 1.54) is 6.42 Å². The molecule has 10 heavy (non-hydrogen) atoms. The summed E-state index contributed by atoms with van der Waals surface area (Å²) in [6.45, 7) is 0. The van der Waals surface area contributed by atoms with Crippen molar-refractivity contribution in [2.45, 2.75) is 31.2 Å². The van der Waals surface area contributed by atoms with E-state index in [0.29, 0.717) is 5.82 Å². The number of fused-ring (bicyclic) bond motifs is 2. The van der Waals surface area contributed by atoms with Gasteiger partial charge in [0.1, 0.15) is 7.85 Å². The van der Waals surface area contributed by atoms with Crippen LogP contribution in [0.5, 0.6) is 0 Å². The van der Waals surface area contributed by atoms with Crippen LogP contribution in [0, 0.1) is 5.92 Å². The van der Waals surface area contributed by atoms with Gasteiger partial charge in [0, 0.05) is 0 Å². The largest absolute Gasteiger partial charge is 0.463 e. The first kappa shape index (κ1) is 6.26. The van der Waals surface area contributed by atoms with E-state index in [9.17, 15) is 4.79 Å². The van der Waals surface area contributed by atoms with Crippen LogP contribution in [0.2, 0.25) is 5.82 Å². The highest BCUT2D eigenvalue weighted by Gasteiger charge is 2.40. The highest BCUT2D eigenvalue weighted by atomic mass is 16.6. The molecule has 2 rings (SSSR count). The molecular formula is C7H11BO2. The summed E-state index contributed by atoms with van der Waals surface area (Å²) < 4.78 is 5.16. The van der Waals surface area contributed by atoms with Crippen LogP contribution in [-0.4, -0.2) is 19.9 Å². The van der Waals surface area contributed by atoms with Gasteiger partial charge in [-0.25, -0.2) is 0 Å². The Balaban J connectivity index is 2.15. The van der Waals surface area contributed by atoms with Crippen LogP contribution in [0.1, 0.15) is 19.3 Å². The fraction of sp³-hybridized carbons (Fsp3) is 0.857. The molecule has 0 amide bonds. The minimum Gasteiger partial charge on any atom is -0.463 e. The van der Waals surface area contributed by atoms with E-state index in [1.54, 1.807) is 0 Å². The first-order valence-corrected chi connectivity index (χ1v) is 3.98. The minimum absolute atomic E-state index is 0.0503. The van der Waals surface area contributed by atoms with Gasteiger partial charge >= 0.3 is 5.97 Å². The zero-order chi connectivity index (χ0) is 7.14. The fourth-order valence-electron chi connectivity index (χ4n) is 1.90. The Morgan fingerprint density at radius 3 is 3.00 bits per heavy atom. The number of carbonyl (C=O) groups is 1. The highest BCUT2D eigenvalue weighted by Crippen LogP contribution is 2.39. The first-order valence-electron chi connectivity index (χ1n) is 3.98. The van der Waals surface area contributed by atoms with Gasteiger partial charge in [-0.3, -0.25) is 4.79 Å². The standard InChI is InChI=1S/C7H11BO2/c8-5-2-1-4-3-6(5)10-7(4)9/h4-6H,1-3,8H2/t4-,5+,6-/m1/s1. The molecule has 0 spiro atoms. The third kappa shape index (κ3) is 0.763. The second kappa shape index (κ2) is 2.01. The Morgan fingerprint density at radius 1 is 1.50 bits per heavy atom. The van der Waals surface area contributed by atoms with Crippen molar-refractivity contribution in [2.75, 3.05) is 0 Å². The molecule has 0 aromatic rings. The Kier molecular flexibility index (Phi) is 1.26. The van der Waals surface area contributed by atoms with Crippen molar-refractivity contribution in [2.24, 2.45) is 5.92 Å². The molecule has 1 saturated heterocycles. The predicted molar refractivity (Wildman–Crippen MR) is 39.5 cm³/mol. The van der Waals surface area contributed by atoms with Gasteiger partial charge < -0.3 is 4.74 Å². The van der Waals surface area contributed by atoms with Crippen molar-refractivity contribution < 1.29 is 9.53 Å². The maximum Gasteiger partial charge on any atom is 0.309 e. The lowest BCUT2D eigenvalue weighted by Gasteiger charge is -2.21. The van der Waals surface area contributed by atoms with Crippen LogP contribution in [-0.2, 0) is 9.53 Å². The predicted octanol–water partition coefficient (Wildman–Crippen LogP) is 0.133. The molecule has 3 atom stereocenters. The molecule has 0 aromatic carbocycles. The highest BCUT2D eigenvalue weighted by molar-refractivity contribution is 6.12. The van der Waals surface area contributed by atoms with E-state index in [1.807, 2.05) is 0 Å². The average Bonchev–Trinajstić information content (AvgIpc) is 2.21. The van der Waals surface area contributed by atoms with Crippen LogP contribution in [0.3, 0.4) is 0 Å². The van der Waals surface area contributed by atoms with Gasteiger partial charge in [-0.05, 0) is 18.7 Å². The third-order valence-corrected chi connectivity index (χ3v) is 2.72. The van der Waals surface area contributed by atoms with E-state index < -0.39 is 0 Å². The van der Waals surface area contributed by atoms with Crippen molar-refractivity contribution in [3.05, 3.63) is 0 Å². The molecule has 2 nitrogen and oxygen atoms in total. The second-order valence-corrected chi connectivity index (χ2v) is 3.46. The Labute approximate surface area is 61.3 Å². The molecule has 0 N–H and O–H groups in total. The van der Waals surface area contributed by atoms with E-state index >= 15 is 0 Å². The van der Waals surface area contributed by atoms with Gasteiger partial charge in [0.15, 0.2) is 0 Å². The van der Waals surface area contributed by atoms with Crippen molar-refractivity contribution in [3.8, 4) is 0 Å². The molecule has 1 saturated carbocycles. The van der Waals surface area contributed by atoms with Crippen LogP contribution in [0.4, 0.5) is 0 Å². The van der Waals surface area contributed by atoms with Crippen LogP contribution in [0.15, 0.2) is 0 Å². The molecule has 0 unspecified atom stereocenters. The Bertz CT molecular complexity index is 169. The summed E-state index contributed by atoms with van der Waals surface area (Å²) in [6, 6.07) is 0. The van der Waals surface area contributed by atoms with Crippen molar-refractivity contribution >= 4 is 13.8 Å². The third-order valence-electron chi connectivity index (χ3n) is 2.72. The van der Waals surface area contributed by atoms with Crippen molar-refractivity contribution in [1.82, 2.24) is 0 Å². The summed E-state index contributed by atoms with van der Waals surface area (Å²) in [4.78, 5) is 11.0. The molecule has 1 aliphatic heterocycles. The number of hydrogen-bond acceptors (Lipinski definition) is 2. The van der Waals surface area contributed by atoms with Gasteiger partial charge in [0.25, 0.3) is 0 Å². The lowest BCUT2D eigenvalue weighted by Crippen LogP contribution is -2.18. The molecule has 0 radical (unpaired) electrons. The van der Waals surface area contributed by atoms with Crippen molar-refractivity contribution in [1.29, 1.82) is 0 Å². The molecule has 3 heteroatoms. The molecular weight excluding hydrogens is 127 g/mol. The maximum atomic E-state index is 11.0. The topological polar surface area (TPSA) is 26.3 Å². The molecule has 0 aromatic heterocycles. The van der Waals surface area contributed by atoms with Crippen LogP contribution in [0.25, 0.3) is 0 Å². The summed E-state index contributed by atoms with van der Waals surface area (Å²) in [5.41, 5.74) is 0. The molecule has 2 bridgehead atoms. The number of hydrogen-bond donors (Lipinski definition) is 0. The summed E-state index contributed by atoms with van der Waals surface area (Å²) in [6.07, 6.45) is 3.46. The summed E-state index contributed by atoms with van der Waals surface area (Å²) >= 11 is 0. The Hall–Kier alpha value is -0.465. The molecule has 54 valence electrons. The fourth-order valence-corrected chi connectivity index (χ4v) is 1.90. The molecule has 2 fully saturated rings. The number of ether oxygens (including phenoxy) is 1. The number of carbonyl (C=O) groups excluding carboxylic acids is 1. The van der Waals surface area contributed by atoms with E-state index in [2.05, 4.69) is 7.85 Å². The second-order valence-electron chi connectivity index (χ2n) is 3.46. The average molecular weight is 138 g/mol. The smallest absolute Gasteiger partial charge is 0.309 e. The summed E-state index contributed by atoms with van der Waals surface area (Å²) in [7, 11) is 2.17. The molecule has 1 heterocycles. The first-order chi connectivity index (χ1) is 4.77. The normalized spacial score (nSPS) is 45.2. The van der Waals surface area contributed by atoms with Gasteiger partial charge in [0.05, 0.1) is 12.0 Å². The monoisotopic (exact) mass is 138 g/mol. The summed E-state index contributed by atoms with van der Waals surface area (Å²) in [5.74, 6) is 0.901. The zero-order valence-corrected chi connectivity index (χ0v) is 6.17. The quantitative estimate of drug-likeness (QED) is 0.351. The lowest BCUT2D eigenvalue weighted by molar-refractivity contribution is -0.143. The van der Waals surface area contributed by atoms with Crippen molar-refractivity contribution in [3.63, 3.8) is 0 Å². The zero-order valence-electron chi connectivity index (χ0n) is 6.17. The SMILES string of the molecule is B[C@H]1CC[C@@H]2C[C@H]1OC2=O. The Morgan fingerprint density at radius 2 is 2.30 bits per heavy atom. The lowest BCUT2D eigenvalue weighted by atomic mass is 9.71.